The van der Waals surface area contributed by atoms with Crippen LogP contribution in [-0.4, -0.2) is 28.2 Å². The van der Waals surface area contributed by atoms with Gasteiger partial charge >= 0.3 is 5.69 Å². The summed E-state index contributed by atoms with van der Waals surface area (Å²) in [7, 11) is 0. The van der Waals surface area contributed by atoms with Crippen LogP contribution in [0, 0.1) is 10.1 Å². The van der Waals surface area contributed by atoms with Gasteiger partial charge in [0.2, 0.25) is 0 Å². The highest BCUT2D eigenvalue weighted by Crippen LogP contribution is 2.27. The van der Waals surface area contributed by atoms with Crippen LogP contribution in [0.5, 0.6) is 0 Å². The number of hydrogen-bond donors (Lipinski definition) is 1. The molecule has 1 aliphatic rings. The standard InChI is InChI=1S/C11H15N3O2S/c15-14(16)10-5-3-7-13-11(10)17-8-9-4-1-2-6-12-9/h3,5,7,9,12H,1-2,4,6,8H2/t9-/m0/s1. The Hall–Kier alpha value is -1.14. The Bertz CT molecular complexity index is 394. The molecule has 1 fully saturated rings. The fourth-order valence-corrected chi connectivity index (χ4v) is 2.95. The minimum Gasteiger partial charge on any atom is -0.313 e. The van der Waals surface area contributed by atoms with E-state index in [1.54, 1.807) is 12.3 Å². The number of nitro groups is 1. The Labute approximate surface area is 104 Å². The Kier molecular flexibility index (Phi) is 4.33. The topological polar surface area (TPSA) is 68.1 Å². The Morgan fingerprint density at radius 3 is 3.18 bits per heavy atom. The van der Waals surface area contributed by atoms with Gasteiger partial charge in [0.1, 0.15) is 0 Å². The van der Waals surface area contributed by atoms with Crippen LogP contribution in [0.2, 0.25) is 0 Å². The molecule has 0 bridgehead atoms. The van der Waals surface area contributed by atoms with Gasteiger partial charge in [-0.2, -0.15) is 0 Å². The summed E-state index contributed by atoms with van der Waals surface area (Å²) in [5, 5.41) is 14.7. The van der Waals surface area contributed by atoms with E-state index in [-0.39, 0.29) is 10.6 Å². The van der Waals surface area contributed by atoms with E-state index in [9.17, 15) is 10.1 Å². The maximum atomic E-state index is 10.8. The van der Waals surface area contributed by atoms with Crippen molar-refractivity contribution in [1.82, 2.24) is 10.3 Å². The molecule has 1 aromatic heterocycles. The zero-order valence-electron chi connectivity index (χ0n) is 9.46. The van der Waals surface area contributed by atoms with E-state index in [0.29, 0.717) is 11.1 Å². The van der Waals surface area contributed by atoms with E-state index < -0.39 is 0 Å². The summed E-state index contributed by atoms with van der Waals surface area (Å²) < 4.78 is 0. The summed E-state index contributed by atoms with van der Waals surface area (Å²) in [5.74, 6) is 0.845. The molecule has 1 N–H and O–H groups in total. The molecule has 0 unspecified atom stereocenters. The summed E-state index contributed by atoms with van der Waals surface area (Å²) in [6.45, 7) is 1.05. The molecule has 0 spiro atoms. The molecule has 1 aromatic rings. The average molecular weight is 253 g/mol. The first-order valence-corrected chi connectivity index (χ1v) is 6.71. The molecule has 0 saturated carbocycles. The van der Waals surface area contributed by atoms with E-state index in [2.05, 4.69) is 10.3 Å². The van der Waals surface area contributed by atoms with Gasteiger partial charge in [0.25, 0.3) is 0 Å². The second-order valence-electron chi connectivity index (χ2n) is 4.04. The van der Waals surface area contributed by atoms with E-state index >= 15 is 0 Å². The second kappa shape index (κ2) is 5.97. The third-order valence-electron chi connectivity index (χ3n) is 2.78. The minimum absolute atomic E-state index is 0.105. The molecule has 17 heavy (non-hydrogen) atoms. The summed E-state index contributed by atoms with van der Waals surface area (Å²) in [6, 6.07) is 3.56. The quantitative estimate of drug-likeness (QED) is 0.506. The molecule has 0 amide bonds. The summed E-state index contributed by atoms with van der Waals surface area (Å²) in [5.41, 5.74) is 0.105. The first-order chi connectivity index (χ1) is 8.27. The van der Waals surface area contributed by atoms with Gasteiger partial charge in [-0.25, -0.2) is 4.98 Å². The normalized spacial score (nSPS) is 20.1. The van der Waals surface area contributed by atoms with Crippen LogP contribution in [-0.2, 0) is 0 Å². The van der Waals surface area contributed by atoms with E-state index in [4.69, 9.17) is 0 Å². The molecule has 0 aliphatic carbocycles. The van der Waals surface area contributed by atoms with Crippen LogP contribution in [0.4, 0.5) is 5.69 Å². The molecular weight excluding hydrogens is 238 g/mol. The number of piperidine rings is 1. The van der Waals surface area contributed by atoms with Crippen molar-refractivity contribution in [3.05, 3.63) is 28.4 Å². The molecule has 5 nitrogen and oxygen atoms in total. The second-order valence-corrected chi connectivity index (χ2v) is 5.05. The molecule has 2 heterocycles. The van der Waals surface area contributed by atoms with Crippen LogP contribution < -0.4 is 5.32 Å². The van der Waals surface area contributed by atoms with Crippen molar-refractivity contribution < 1.29 is 4.92 Å². The largest absolute Gasteiger partial charge is 0.313 e. The predicted molar refractivity (Wildman–Crippen MR) is 67.3 cm³/mol. The van der Waals surface area contributed by atoms with Crippen molar-refractivity contribution in [2.75, 3.05) is 12.3 Å². The molecule has 1 aliphatic heterocycles. The Balaban J connectivity index is 1.96. The monoisotopic (exact) mass is 253 g/mol. The van der Waals surface area contributed by atoms with E-state index in [1.165, 1.54) is 30.7 Å². The molecule has 1 saturated heterocycles. The SMILES string of the molecule is O=[N+]([O-])c1cccnc1SC[C@@H]1CCCCN1. The highest BCUT2D eigenvalue weighted by Gasteiger charge is 2.18. The summed E-state index contributed by atoms with van der Waals surface area (Å²) in [4.78, 5) is 14.5. The van der Waals surface area contributed by atoms with Crippen LogP contribution in [0.15, 0.2) is 23.4 Å². The first-order valence-electron chi connectivity index (χ1n) is 5.73. The van der Waals surface area contributed by atoms with Gasteiger partial charge in [0.05, 0.1) is 4.92 Å². The van der Waals surface area contributed by atoms with Gasteiger partial charge in [-0.05, 0) is 25.5 Å². The van der Waals surface area contributed by atoms with Crippen molar-refractivity contribution in [2.45, 2.75) is 30.3 Å². The highest BCUT2D eigenvalue weighted by molar-refractivity contribution is 7.99. The lowest BCUT2D eigenvalue weighted by molar-refractivity contribution is -0.388. The fourth-order valence-electron chi connectivity index (χ4n) is 1.88. The highest BCUT2D eigenvalue weighted by atomic mass is 32.2. The smallest absolute Gasteiger partial charge is 0.301 e. The third-order valence-corrected chi connectivity index (χ3v) is 3.94. The molecule has 1 atom stereocenters. The van der Waals surface area contributed by atoms with Crippen molar-refractivity contribution in [1.29, 1.82) is 0 Å². The van der Waals surface area contributed by atoms with Gasteiger partial charge in [-0.15, -0.1) is 0 Å². The van der Waals surface area contributed by atoms with Crippen molar-refractivity contribution >= 4 is 17.4 Å². The number of aromatic nitrogens is 1. The molecule has 2 rings (SSSR count). The maximum absolute atomic E-state index is 10.8. The lowest BCUT2D eigenvalue weighted by atomic mass is 10.1. The fraction of sp³-hybridized carbons (Fsp3) is 0.545. The van der Waals surface area contributed by atoms with Crippen LogP contribution in [0.25, 0.3) is 0 Å². The lowest BCUT2D eigenvalue weighted by Gasteiger charge is -2.22. The summed E-state index contributed by atoms with van der Waals surface area (Å²) in [6.07, 6.45) is 5.21. The molecule has 0 aromatic carbocycles. The van der Waals surface area contributed by atoms with Crippen LogP contribution in [0.3, 0.4) is 0 Å². The predicted octanol–water partition coefficient (Wildman–Crippen LogP) is 2.22. The van der Waals surface area contributed by atoms with Gasteiger partial charge < -0.3 is 5.32 Å². The number of hydrogen-bond acceptors (Lipinski definition) is 5. The first kappa shape index (κ1) is 12.3. The molecule has 6 heteroatoms. The van der Waals surface area contributed by atoms with E-state index in [1.807, 2.05) is 0 Å². The lowest BCUT2D eigenvalue weighted by Crippen LogP contribution is -2.35. The maximum Gasteiger partial charge on any atom is 0.301 e. The average Bonchev–Trinajstić information content (AvgIpc) is 2.38. The van der Waals surface area contributed by atoms with E-state index in [0.717, 1.165) is 18.7 Å². The summed E-state index contributed by atoms with van der Waals surface area (Å²) >= 11 is 1.47. The minimum atomic E-state index is -0.371. The molecule has 0 radical (unpaired) electrons. The van der Waals surface area contributed by atoms with Gasteiger partial charge in [-0.3, -0.25) is 10.1 Å². The van der Waals surface area contributed by atoms with Crippen molar-refractivity contribution in [2.24, 2.45) is 0 Å². The van der Waals surface area contributed by atoms with Gasteiger partial charge in [0, 0.05) is 24.1 Å². The number of thioether (sulfide) groups is 1. The molecular formula is C11H15N3O2S. The Morgan fingerprint density at radius 1 is 1.59 bits per heavy atom. The van der Waals surface area contributed by atoms with Gasteiger partial charge in [0.15, 0.2) is 5.03 Å². The number of pyridine rings is 1. The zero-order chi connectivity index (χ0) is 12.1. The van der Waals surface area contributed by atoms with Crippen LogP contribution in [0.1, 0.15) is 19.3 Å². The number of rotatable bonds is 4. The molecule has 92 valence electrons. The zero-order valence-corrected chi connectivity index (χ0v) is 10.3. The van der Waals surface area contributed by atoms with Crippen LogP contribution >= 0.6 is 11.8 Å². The number of nitrogens with zero attached hydrogens (tertiary/aromatic N) is 2. The third kappa shape index (κ3) is 3.41. The van der Waals surface area contributed by atoms with Crippen molar-refractivity contribution in [3.8, 4) is 0 Å². The van der Waals surface area contributed by atoms with Gasteiger partial charge in [-0.1, -0.05) is 18.2 Å². The number of nitrogens with one attached hydrogen (secondary N) is 1. The van der Waals surface area contributed by atoms with Crippen molar-refractivity contribution in [3.63, 3.8) is 0 Å². The Morgan fingerprint density at radius 2 is 2.47 bits per heavy atom.